The maximum absolute atomic E-state index is 12.5. The molecule has 1 fully saturated rings. The number of amides is 1. The van der Waals surface area contributed by atoms with Crippen LogP contribution in [0.25, 0.3) is 0 Å². The van der Waals surface area contributed by atoms with Crippen molar-refractivity contribution in [2.45, 2.75) is 26.2 Å². The van der Waals surface area contributed by atoms with Crippen molar-refractivity contribution in [2.75, 3.05) is 18.4 Å². The van der Waals surface area contributed by atoms with Gasteiger partial charge < -0.3 is 10.0 Å². The quantitative estimate of drug-likeness (QED) is 0.866. The molecule has 1 heterocycles. The van der Waals surface area contributed by atoms with Gasteiger partial charge in [0.1, 0.15) is 5.75 Å². The summed E-state index contributed by atoms with van der Waals surface area (Å²) in [7, 11) is 0. The van der Waals surface area contributed by atoms with Gasteiger partial charge in [0.05, 0.1) is 5.56 Å². The number of carbonyl (C=O) groups is 1. The molecule has 1 aliphatic heterocycles. The highest BCUT2D eigenvalue weighted by Crippen LogP contribution is 2.25. The third-order valence-corrected chi connectivity index (χ3v) is 4.16. The first-order chi connectivity index (χ1) is 9.11. The molecule has 1 N–H and O–H groups in total. The number of piperidine rings is 1. The average Bonchev–Trinajstić information content (AvgIpc) is 2.41. The number of alkyl halides is 1. The first-order valence-electron chi connectivity index (χ1n) is 6.76. The van der Waals surface area contributed by atoms with Gasteiger partial charge in [-0.25, -0.2) is 0 Å². The van der Waals surface area contributed by atoms with E-state index in [1.54, 1.807) is 12.1 Å². The summed E-state index contributed by atoms with van der Waals surface area (Å²) in [6, 6.07) is 5.18. The van der Waals surface area contributed by atoms with E-state index in [1.165, 1.54) is 6.42 Å². The van der Waals surface area contributed by atoms with Crippen LogP contribution < -0.4 is 0 Å². The Balaban J connectivity index is 2.12. The van der Waals surface area contributed by atoms with Crippen LogP contribution in [-0.2, 0) is 0 Å². The van der Waals surface area contributed by atoms with Crippen molar-refractivity contribution in [3.05, 3.63) is 29.3 Å². The molecule has 1 amide bonds. The highest BCUT2D eigenvalue weighted by atomic mass is 79.9. The largest absolute Gasteiger partial charge is 0.507 e. The first-order valence-corrected chi connectivity index (χ1v) is 7.89. The molecule has 0 aliphatic carbocycles. The normalized spacial score (nSPS) is 19.5. The number of rotatable bonds is 3. The number of carbonyl (C=O) groups excluding carboxylic acids is 1. The second-order valence-corrected chi connectivity index (χ2v) is 6.05. The van der Waals surface area contributed by atoms with E-state index in [1.807, 2.05) is 17.9 Å². The van der Waals surface area contributed by atoms with Crippen molar-refractivity contribution in [2.24, 2.45) is 5.92 Å². The van der Waals surface area contributed by atoms with Gasteiger partial charge in [0.25, 0.3) is 5.91 Å². The Bertz CT molecular complexity index is 459. The highest BCUT2D eigenvalue weighted by Gasteiger charge is 2.25. The smallest absolute Gasteiger partial charge is 0.257 e. The highest BCUT2D eigenvalue weighted by molar-refractivity contribution is 9.09. The van der Waals surface area contributed by atoms with E-state index < -0.39 is 0 Å². The minimum Gasteiger partial charge on any atom is -0.507 e. The van der Waals surface area contributed by atoms with Gasteiger partial charge in [-0.05, 0) is 44.2 Å². The number of nitrogens with zero attached hydrogens (tertiary/aromatic N) is 1. The number of likely N-dealkylation sites (tertiary alicyclic amines) is 1. The van der Waals surface area contributed by atoms with Gasteiger partial charge in [0.2, 0.25) is 0 Å². The standard InChI is InChI=1S/C15H20BrNO2/c1-11-4-5-14(18)13(9-11)15(19)17-8-2-3-12(10-17)6-7-16/h4-5,9,12,18H,2-3,6-8,10H2,1H3. The van der Waals surface area contributed by atoms with Gasteiger partial charge in [0, 0.05) is 18.4 Å². The lowest BCUT2D eigenvalue weighted by Crippen LogP contribution is -2.40. The number of benzene rings is 1. The Labute approximate surface area is 122 Å². The third kappa shape index (κ3) is 3.50. The lowest BCUT2D eigenvalue weighted by atomic mass is 9.95. The number of aryl methyl sites for hydroxylation is 1. The van der Waals surface area contributed by atoms with E-state index in [9.17, 15) is 9.90 Å². The van der Waals surface area contributed by atoms with Crippen LogP contribution in [0.1, 0.15) is 35.2 Å². The van der Waals surface area contributed by atoms with Crippen molar-refractivity contribution in [1.82, 2.24) is 4.90 Å². The SMILES string of the molecule is Cc1ccc(O)c(C(=O)N2CCCC(CCBr)C2)c1. The fourth-order valence-electron chi connectivity index (χ4n) is 2.63. The van der Waals surface area contributed by atoms with E-state index in [-0.39, 0.29) is 11.7 Å². The summed E-state index contributed by atoms with van der Waals surface area (Å²) in [4.78, 5) is 14.4. The number of halogens is 1. The maximum Gasteiger partial charge on any atom is 0.257 e. The summed E-state index contributed by atoms with van der Waals surface area (Å²) in [6.07, 6.45) is 3.34. The second kappa shape index (κ2) is 6.42. The van der Waals surface area contributed by atoms with Gasteiger partial charge in [-0.2, -0.15) is 0 Å². The summed E-state index contributed by atoms with van der Waals surface area (Å²) in [5, 5.41) is 10.8. The molecule has 1 saturated heterocycles. The van der Waals surface area contributed by atoms with Crippen LogP contribution in [0.5, 0.6) is 5.75 Å². The van der Waals surface area contributed by atoms with E-state index in [0.717, 1.165) is 36.8 Å². The van der Waals surface area contributed by atoms with E-state index >= 15 is 0 Å². The molecular weight excluding hydrogens is 306 g/mol. The molecule has 1 aliphatic rings. The number of phenolic OH excluding ortho intramolecular Hbond substituents is 1. The van der Waals surface area contributed by atoms with Crippen molar-refractivity contribution in [1.29, 1.82) is 0 Å². The van der Waals surface area contributed by atoms with E-state index in [0.29, 0.717) is 11.5 Å². The first kappa shape index (κ1) is 14.4. The zero-order valence-electron chi connectivity index (χ0n) is 11.2. The van der Waals surface area contributed by atoms with Crippen LogP contribution in [0, 0.1) is 12.8 Å². The third-order valence-electron chi connectivity index (χ3n) is 3.71. The maximum atomic E-state index is 12.5. The van der Waals surface area contributed by atoms with Crippen LogP contribution in [0.4, 0.5) is 0 Å². The molecule has 0 radical (unpaired) electrons. The summed E-state index contributed by atoms with van der Waals surface area (Å²) >= 11 is 3.46. The molecule has 0 aromatic heterocycles. The zero-order chi connectivity index (χ0) is 13.8. The van der Waals surface area contributed by atoms with Crippen LogP contribution in [0.15, 0.2) is 18.2 Å². The molecule has 0 spiro atoms. The van der Waals surface area contributed by atoms with Crippen LogP contribution in [-0.4, -0.2) is 34.3 Å². The lowest BCUT2D eigenvalue weighted by Gasteiger charge is -2.32. The molecule has 1 aromatic carbocycles. The average molecular weight is 326 g/mol. The molecule has 2 rings (SSSR count). The zero-order valence-corrected chi connectivity index (χ0v) is 12.8. The lowest BCUT2D eigenvalue weighted by molar-refractivity contribution is 0.0669. The number of aromatic hydroxyl groups is 1. The molecule has 104 valence electrons. The fourth-order valence-corrected chi connectivity index (χ4v) is 3.28. The Morgan fingerprint density at radius 2 is 2.32 bits per heavy atom. The molecule has 1 aromatic rings. The minimum atomic E-state index is -0.0412. The Hall–Kier alpha value is -1.03. The fraction of sp³-hybridized carbons (Fsp3) is 0.533. The minimum absolute atomic E-state index is 0.0412. The Morgan fingerprint density at radius 1 is 1.53 bits per heavy atom. The molecule has 3 nitrogen and oxygen atoms in total. The molecule has 0 bridgehead atoms. The van der Waals surface area contributed by atoms with Crippen LogP contribution in [0.2, 0.25) is 0 Å². The molecule has 19 heavy (non-hydrogen) atoms. The predicted octanol–water partition coefficient (Wildman–Crippen LogP) is 3.34. The monoisotopic (exact) mass is 325 g/mol. The van der Waals surface area contributed by atoms with Gasteiger partial charge in [0.15, 0.2) is 0 Å². The van der Waals surface area contributed by atoms with E-state index in [2.05, 4.69) is 15.9 Å². The topological polar surface area (TPSA) is 40.5 Å². The Kier molecular flexibility index (Phi) is 4.86. The molecule has 4 heteroatoms. The van der Waals surface area contributed by atoms with Gasteiger partial charge in [-0.1, -0.05) is 27.6 Å². The molecule has 0 saturated carbocycles. The number of phenols is 1. The second-order valence-electron chi connectivity index (χ2n) is 5.26. The molecular formula is C15H20BrNO2. The predicted molar refractivity (Wildman–Crippen MR) is 79.9 cm³/mol. The summed E-state index contributed by atoms with van der Waals surface area (Å²) < 4.78 is 0. The summed E-state index contributed by atoms with van der Waals surface area (Å²) in [6.45, 7) is 3.53. The van der Waals surface area contributed by atoms with Gasteiger partial charge in [-0.15, -0.1) is 0 Å². The van der Waals surface area contributed by atoms with Crippen LogP contribution >= 0.6 is 15.9 Å². The number of hydrogen-bond acceptors (Lipinski definition) is 2. The summed E-state index contributed by atoms with van der Waals surface area (Å²) in [5.74, 6) is 0.614. The van der Waals surface area contributed by atoms with Crippen LogP contribution in [0.3, 0.4) is 0 Å². The Morgan fingerprint density at radius 3 is 3.05 bits per heavy atom. The van der Waals surface area contributed by atoms with Crippen molar-refractivity contribution >= 4 is 21.8 Å². The van der Waals surface area contributed by atoms with Crippen molar-refractivity contribution < 1.29 is 9.90 Å². The van der Waals surface area contributed by atoms with Crippen molar-refractivity contribution in [3.8, 4) is 5.75 Å². The molecule has 1 atom stereocenters. The van der Waals surface area contributed by atoms with Crippen molar-refractivity contribution in [3.63, 3.8) is 0 Å². The molecule has 1 unspecified atom stereocenters. The summed E-state index contributed by atoms with van der Waals surface area (Å²) in [5.41, 5.74) is 1.43. The van der Waals surface area contributed by atoms with Gasteiger partial charge >= 0.3 is 0 Å². The van der Waals surface area contributed by atoms with Gasteiger partial charge in [-0.3, -0.25) is 4.79 Å². The number of hydrogen-bond donors (Lipinski definition) is 1. The van der Waals surface area contributed by atoms with E-state index in [4.69, 9.17) is 0 Å².